The van der Waals surface area contributed by atoms with Gasteiger partial charge in [-0.1, -0.05) is 24.3 Å². The van der Waals surface area contributed by atoms with Crippen LogP contribution in [0.1, 0.15) is 25.3 Å². The van der Waals surface area contributed by atoms with Crippen LogP contribution in [0.5, 0.6) is 0 Å². The quantitative estimate of drug-likeness (QED) is 0.883. The Morgan fingerprint density at radius 3 is 2.63 bits per heavy atom. The van der Waals surface area contributed by atoms with E-state index in [4.69, 9.17) is 0 Å². The highest BCUT2D eigenvalue weighted by atomic mass is 19.1. The molecule has 1 N–H and O–H groups in total. The molecule has 2 aromatic carbocycles. The molecule has 1 heterocycles. The third-order valence-corrected chi connectivity index (χ3v) is 5.19. The normalized spacial score (nSPS) is 17.4. The summed E-state index contributed by atoms with van der Waals surface area (Å²) in [7, 11) is 0. The van der Waals surface area contributed by atoms with E-state index in [1.807, 2.05) is 25.1 Å². The monoisotopic (exact) mass is 367 g/mol. The van der Waals surface area contributed by atoms with Crippen molar-refractivity contribution in [2.75, 3.05) is 16.8 Å². The average Bonchev–Trinajstić information content (AvgIpc) is 3.51. The van der Waals surface area contributed by atoms with Crippen LogP contribution in [0.25, 0.3) is 0 Å². The van der Waals surface area contributed by atoms with Gasteiger partial charge in [0.05, 0.1) is 17.4 Å². The maximum absolute atomic E-state index is 13.3. The van der Waals surface area contributed by atoms with Gasteiger partial charge in [-0.05, 0) is 49.6 Å². The van der Waals surface area contributed by atoms with Crippen LogP contribution in [0.2, 0.25) is 0 Å². The SMILES string of the molecule is C[C@H](C(=O)N1CC(=O)Nc2ccccc21)N(Cc1ccc(F)cc1)C1CC1. The van der Waals surface area contributed by atoms with Gasteiger partial charge in [-0.15, -0.1) is 0 Å². The van der Waals surface area contributed by atoms with Crippen molar-refractivity contribution in [2.45, 2.75) is 38.4 Å². The molecule has 4 rings (SSSR count). The molecule has 0 unspecified atom stereocenters. The molecule has 27 heavy (non-hydrogen) atoms. The van der Waals surface area contributed by atoms with Gasteiger partial charge in [0.15, 0.2) is 0 Å². The van der Waals surface area contributed by atoms with Crippen LogP contribution in [-0.2, 0) is 16.1 Å². The molecule has 1 aliphatic heterocycles. The minimum Gasteiger partial charge on any atom is -0.323 e. The smallest absolute Gasteiger partial charge is 0.244 e. The van der Waals surface area contributed by atoms with Crippen molar-refractivity contribution >= 4 is 23.2 Å². The number of rotatable bonds is 5. The van der Waals surface area contributed by atoms with E-state index in [1.54, 1.807) is 23.1 Å². The standard InChI is InChI=1S/C21H22FN3O2/c1-14(24(17-10-11-17)12-15-6-8-16(22)9-7-15)21(27)25-13-20(26)23-18-4-2-3-5-19(18)25/h2-9,14,17H,10-13H2,1H3,(H,23,26)/t14-/m1/s1. The number of hydrogen-bond acceptors (Lipinski definition) is 3. The average molecular weight is 367 g/mol. The zero-order chi connectivity index (χ0) is 19.0. The summed E-state index contributed by atoms with van der Waals surface area (Å²) in [5, 5.41) is 2.81. The van der Waals surface area contributed by atoms with Gasteiger partial charge >= 0.3 is 0 Å². The molecule has 140 valence electrons. The second kappa shape index (κ2) is 7.12. The predicted molar refractivity (Wildman–Crippen MR) is 102 cm³/mol. The molecule has 1 saturated carbocycles. The molecule has 0 bridgehead atoms. The van der Waals surface area contributed by atoms with Crippen LogP contribution in [0.15, 0.2) is 48.5 Å². The second-order valence-electron chi connectivity index (χ2n) is 7.20. The summed E-state index contributed by atoms with van der Waals surface area (Å²) in [6.45, 7) is 2.49. The first-order valence-corrected chi connectivity index (χ1v) is 9.23. The maximum Gasteiger partial charge on any atom is 0.244 e. The Morgan fingerprint density at radius 2 is 1.93 bits per heavy atom. The number of halogens is 1. The van der Waals surface area contributed by atoms with Gasteiger partial charge in [-0.25, -0.2) is 4.39 Å². The lowest BCUT2D eigenvalue weighted by Crippen LogP contribution is -2.51. The molecule has 2 aromatic rings. The largest absolute Gasteiger partial charge is 0.323 e. The highest BCUT2D eigenvalue weighted by Crippen LogP contribution is 2.33. The lowest BCUT2D eigenvalue weighted by Gasteiger charge is -2.35. The molecule has 5 nitrogen and oxygen atoms in total. The molecule has 0 radical (unpaired) electrons. The molecular formula is C21H22FN3O2. The summed E-state index contributed by atoms with van der Waals surface area (Å²) in [4.78, 5) is 29.0. The second-order valence-corrected chi connectivity index (χ2v) is 7.20. The fourth-order valence-corrected chi connectivity index (χ4v) is 3.59. The Bertz CT molecular complexity index is 864. The minimum absolute atomic E-state index is 0.0231. The van der Waals surface area contributed by atoms with Gasteiger partial charge in [0, 0.05) is 12.6 Å². The lowest BCUT2D eigenvalue weighted by atomic mass is 10.1. The summed E-state index contributed by atoms with van der Waals surface area (Å²) in [5.74, 6) is -0.547. The van der Waals surface area contributed by atoms with Crippen LogP contribution < -0.4 is 10.2 Å². The third kappa shape index (κ3) is 3.71. The van der Waals surface area contributed by atoms with Gasteiger partial charge in [0.1, 0.15) is 12.4 Å². The molecule has 2 aliphatic rings. The maximum atomic E-state index is 13.3. The third-order valence-electron chi connectivity index (χ3n) is 5.19. The molecule has 1 aliphatic carbocycles. The van der Waals surface area contributed by atoms with E-state index in [-0.39, 0.29) is 30.2 Å². The van der Waals surface area contributed by atoms with Crippen molar-refractivity contribution in [1.82, 2.24) is 4.90 Å². The number of benzene rings is 2. The lowest BCUT2D eigenvalue weighted by molar-refractivity contribution is -0.125. The topological polar surface area (TPSA) is 52.7 Å². The van der Waals surface area contributed by atoms with E-state index in [0.717, 1.165) is 24.1 Å². The number of nitrogens with zero attached hydrogens (tertiary/aromatic N) is 2. The highest BCUT2D eigenvalue weighted by molar-refractivity contribution is 6.11. The Morgan fingerprint density at radius 1 is 1.22 bits per heavy atom. The van der Waals surface area contributed by atoms with Crippen LogP contribution in [0, 0.1) is 5.82 Å². The summed E-state index contributed by atoms with van der Waals surface area (Å²) in [6.07, 6.45) is 2.10. The number of nitrogens with one attached hydrogen (secondary N) is 1. The Balaban J connectivity index is 1.56. The van der Waals surface area contributed by atoms with E-state index in [1.165, 1.54) is 12.1 Å². The Kier molecular flexibility index (Phi) is 4.66. The number of carbonyl (C=O) groups is 2. The summed E-state index contributed by atoms with van der Waals surface area (Å²) < 4.78 is 13.2. The zero-order valence-corrected chi connectivity index (χ0v) is 15.2. The van der Waals surface area contributed by atoms with Crippen molar-refractivity contribution < 1.29 is 14.0 Å². The van der Waals surface area contributed by atoms with Gasteiger partial charge in [0.25, 0.3) is 0 Å². The Hall–Kier alpha value is -2.73. The van der Waals surface area contributed by atoms with Gasteiger partial charge < -0.3 is 5.32 Å². The molecule has 1 fully saturated rings. The first-order valence-electron chi connectivity index (χ1n) is 9.23. The molecule has 2 amide bonds. The fourth-order valence-electron chi connectivity index (χ4n) is 3.59. The number of para-hydroxylation sites is 2. The number of anilines is 2. The van der Waals surface area contributed by atoms with Gasteiger partial charge in [-0.2, -0.15) is 0 Å². The van der Waals surface area contributed by atoms with Crippen LogP contribution >= 0.6 is 0 Å². The Labute approximate surface area is 157 Å². The number of fused-ring (bicyclic) bond motifs is 1. The molecule has 0 spiro atoms. The van der Waals surface area contributed by atoms with Gasteiger partial charge in [0.2, 0.25) is 11.8 Å². The number of amides is 2. The molecule has 0 saturated heterocycles. The van der Waals surface area contributed by atoms with Crippen molar-refractivity contribution in [3.8, 4) is 0 Å². The first-order chi connectivity index (χ1) is 13.0. The first kappa shape index (κ1) is 17.7. The predicted octanol–water partition coefficient (Wildman–Crippen LogP) is 3.16. The van der Waals surface area contributed by atoms with Crippen molar-refractivity contribution in [3.63, 3.8) is 0 Å². The van der Waals surface area contributed by atoms with Gasteiger partial charge in [-0.3, -0.25) is 19.4 Å². The fraction of sp³-hybridized carbons (Fsp3) is 0.333. The highest BCUT2D eigenvalue weighted by Gasteiger charge is 2.38. The molecular weight excluding hydrogens is 345 g/mol. The molecule has 1 atom stereocenters. The summed E-state index contributed by atoms with van der Waals surface area (Å²) in [6, 6.07) is 13.7. The van der Waals surface area contributed by atoms with Crippen LogP contribution in [-0.4, -0.2) is 35.3 Å². The summed E-state index contributed by atoms with van der Waals surface area (Å²) in [5.41, 5.74) is 2.36. The van der Waals surface area contributed by atoms with Crippen molar-refractivity contribution in [1.29, 1.82) is 0 Å². The minimum atomic E-state index is -0.374. The van der Waals surface area contributed by atoms with E-state index in [0.29, 0.717) is 18.3 Å². The van der Waals surface area contributed by atoms with Crippen molar-refractivity contribution in [2.24, 2.45) is 0 Å². The van der Waals surface area contributed by atoms with E-state index < -0.39 is 0 Å². The zero-order valence-electron chi connectivity index (χ0n) is 15.2. The molecule has 6 heteroatoms. The number of carbonyl (C=O) groups excluding carboxylic acids is 2. The van der Waals surface area contributed by atoms with Crippen LogP contribution in [0.3, 0.4) is 0 Å². The number of hydrogen-bond donors (Lipinski definition) is 1. The summed E-state index contributed by atoms with van der Waals surface area (Å²) >= 11 is 0. The molecule has 0 aromatic heterocycles. The van der Waals surface area contributed by atoms with E-state index >= 15 is 0 Å². The van der Waals surface area contributed by atoms with Crippen molar-refractivity contribution in [3.05, 3.63) is 59.9 Å². The van der Waals surface area contributed by atoms with Crippen LogP contribution in [0.4, 0.5) is 15.8 Å². The van der Waals surface area contributed by atoms with E-state index in [9.17, 15) is 14.0 Å². The van der Waals surface area contributed by atoms with E-state index in [2.05, 4.69) is 10.2 Å².